The number of hydrogen-bond acceptors (Lipinski definition) is 2. The van der Waals surface area contributed by atoms with Gasteiger partial charge < -0.3 is 10.5 Å². The van der Waals surface area contributed by atoms with Gasteiger partial charge in [-0.1, -0.05) is 30.3 Å². The highest BCUT2D eigenvalue weighted by Crippen LogP contribution is 2.16. The van der Waals surface area contributed by atoms with Gasteiger partial charge in [-0.25, -0.2) is 0 Å². The lowest BCUT2D eigenvalue weighted by Gasteiger charge is -2.13. The average molecular weight is 207 g/mol. The summed E-state index contributed by atoms with van der Waals surface area (Å²) in [6, 6.07) is 10.3. The summed E-state index contributed by atoms with van der Waals surface area (Å²) >= 11 is 0. The first kappa shape index (κ1) is 12.2. The van der Waals surface area contributed by atoms with Crippen LogP contribution in [0.2, 0.25) is 0 Å². The van der Waals surface area contributed by atoms with Gasteiger partial charge in [-0.3, -0.25) is 0 Å². The molecule has 0 spiro atoms. The third-order valence-electron chi connectivity index (χ3n) is 2.49. The van der Waals surface area contributed by atoms with Crippen molar-refractivity contribution in [3.05, 3.63) is 35.9 Å². The number of nitrogens with two attached hydrogens (primary N) is 1. The predicted molar refractivity (Wildman–Crippen MR) is 63.7 cm³/mol. The molecule has 1 aromatic rings. The minimum atomic E-state index is 0.198. The van der Waals surface area contributed by atoms with Crippen molar-refractivity contribution in [3.63, 3.8) is 0 Å². The summed E-state index contributed by atoms with van der Waals surface area (Å²) in [5, 5.41) is 0. The second kappa shape index (κ2) is 7.43. The topological polar surface area (TPSA) is 35.2 Å². The second-order valence-corrected chi connectivity index (χ2v) is 3.77. The first-order chi connectivity index (χ1) is 7.34. The maximum Gasteiger partial charge on any atom is 0.0796 e. The van der Waals surface area contributed by atoms with Crippen LogP contribution in [0.5, 0.6) is 0 Å². The summed E-state index contributed by atoms with van der Waals surface area (Å²) in [5.74, 6) is 0. The van der Waals surface area contributed by atoms with E-state index in [4.69, 9.17) is 10.5 Å². The van der Waals surface area contributed by atoms with Crippen molar-refractivity contribution in [1.82, 2.24) is 0 Å². The van der Waals surface area contributed by atoms with Crippen LogP contribution in [0, 0.1) is 0 Å². The summed E-state index contributed by atoms with van der Waals surface area (Å²) in [7, 11) is 0. The van der Waals surface area contributed by atoms with Crippen LogP contribution >= 0.6 is 0 Å². The molecule has 0 saturated carbocycles. The number of benzene rings is 1. The molecule has 2 N–H and O–H groups in total. The van der Waals surface area contributed by atoms with E-state index in [1.165, 1.54) is 5.56 Å². The van der Waals surface area contributed by atoms with E-state index in [0.717, 1.165) is 32.4 Å². The molecule has 0 fully saturated rings. The lowest BCUT2D eigenvalue weighted by Crippen LogP contribution is -2.03. The van der Waals surface area contributed by atoms with Crippen LogP contribution in [0.15, 0.2) is 30.3 Å². The normalized spacial score (nSPS) is 12.7. The Labute approximate surface area is 92.4 Å². The number of rotatable bonds is 7. The van der Waals surface area contributed by atoms with Crippen LogP contribution in [0.1, 0.15) is 37.9 Å². The van der Waals surface area contributed by atoms with Crippen molar-refractivity contribution in [2.45, 2.75) is 32.3 Å². The van der Waals surface area contributed by atoms with Crippen LogP contribution < -0.4 is 5.73 Å². The molecule has 15 heavy (non-hydrogen) atoms. The average Bonchev–Trinajstić information content (AvgIpc) is 2.30. The molecule has 0 aromatic heterocycles. The van der Waals surface area contributed by atoms with E-state index in [1.54, 1.807) is 0 Å². The zero-order chi connectivity index (χ0) is 10.9. The zero-order valence-electron chi connectivity index (χ0n) is 9.49. The Bertz CT molecular complexity index is 248. The molecule has 1 unspecified atom stereocenters. The molecule has 0 heterocycles. The van der Waals surface area contributed by atoms with Gasteiger partial charge in [0.2, 0.25) is 0 Å². The molecule has 0 aliphatic carbocycles. The van der Waals surface area contributed by atoms with E-state index in [9.17, 15) is 0 Å². The molecule has 2 nitrogen and oxygen atoms in total. The molecule has 0 radical (unpaired) electrons. The largest absolute Gasteiger partial charge is 0.374 e. The van der Waals surface area contributed by atoms with E-state index < -0.39 is 0 Å². The number of hydrogen-bond donors (Lipinski definition) is 1. The fraction of sp³-hybridized carbons (Fsp3) is 0.538. The minimum Gasteiger partial charge on any atom is -0.374 e. The van der Waals surface area contributed by atoms with Crippen LogP contribution in [-0.4, -0.2) is 13.2 Å². The Morgan fingerprint density at radius 3 is 2.53 bits per heavy atom. The highest BCUT2D eigenvalue weighted by Gasteiger charge is 2.03. The molecule has 0 amide bonds. The van der Waals surface area contributed by atoms with E-state index in [-0.39, 0.29) is 6.10 Å². The molecule has 1 aromatic carbocycles. The standard InChI is InChI=1S/C13H21NO/c1-12(13-8-4-2-5-9-13)15-11-7-3-6-10-14/h2,4-5,8-9,12H,3,6-7,10-11,14H2,1H3. The highest BCUT2D eigenvalue weighted by atomic mass is 16.5. The predicted octanol–water partition coefficient (Wildman–Crippen LogP) is 2.89. The maximum absolute atomic E-state index is 5.73. The van der Waals surface area contributed by atoms with Crippen molar-refractivity contribution in [1.29, 1.82) is 0 Å². The van der Waals surface area contributed by atoms with E-state index in [2.05, 4.69) is 19.1 Å². The van der Waals surface area contributed by atoms with Gasteiger partial charge in [0.1, 0.15) is 0 Å². The second-order valence-electron chi connectivity index (χ2n) is 3.77. The van der Waals surface area contributed by atoms with Gasteiger partial charge in [0, 0.05) is 6.61 Å². The zero-order valence-corrected chi connectivity index (χ0v) is 9.49. The van der Waals surface area contributed by atoms with E-state index in [0.29, 0.717) is 0 Å². The Balaban J connectivity index is 2.16. The van der Waals surface area contributed by atoms with Crippen LogP contribution in [0.25, 0.3) is 0 Å². The smallest absolute Gasteiger partial charge is 0.0796 e. The lowest BCUT2D eigenvalue weighted by molar-refractivity contribution is 0.0629. The summed E-state index contributed by atoms with van der Waals surface area (Å²) in [5.41, 5.74) is 6.67. The van der Waals surface area contributed by atoms with Crippen molar-refractivity contribution in [3.8, 4) is 0 Å². The van der Waals surface area contributed by atoms with Crippen molar-refractivity contribution >= 4 is 0 Å². The van der Waals surface area contributed by atoms with Gasteiger partial charge in [-0.15, -0.1) is 0 Å². The summed E-state index contributed by atoms with van der Waals surface area (Å²) in [6.07, 6.45) is 3.57. The summed E-state index contributed by atoms with van der Waals surface area (Å²) < 4.78 is 5.73. The van der Waals surface area contributed by atoms with Crippen molar-refractivity contribution < 1.29 is 4.74 Å². The Morgan fingerprint density at radius 1 is 1.13 bits per heavy atom. The molecule has 2 heteroatoms. The van der Waals surface area contributed by atoms with Crippen LogP contribution in [-0.2, 0) is 4.74 Å². The van der Waals surface area contributed by atoms with Gasteiger partial charge in [-0.05, 0) is 38.3 Å². The van der Waals surface area contributed by atoms with Crippen LogP contribution in [0.4, 0.5) is 0 Å². The molecular formula is C13H21NO. The Hall–Kier alpha value is -0.860. The fourth-order valence-corrected chi connectivity index (χ4v) is 1.50. The summed E-state index contributed by atoms with van der Waals surface area (Å²) in [4.78, 5) is 0. The molecule has 1 rings (SSSR count). The Morgan fingerprint density at radius 2 is 1.87 bits per heavy atom. The first-order valence-electron chi connectivity index (χ1n) is 5.71. The quantitative estimate of drug-likeness (QED) is 0.698. The van der Waals surface area contributed by atoms with Gasteiger partial charge in [-0.2, -0.15) is 0 Å². The lowest BCUT2D eigenvalue weighted by atomic mass is 10.1. The fourth-order valence-electron chi connectivity index (χ4n) is 1.50. The maximum atomic E-state index is 5.73. The molecule has 0 aliphatic rings. The van der Waals surface area contributed by atoms with E-state index in [1.807, 2.05) is 18.2 Å². The minimum absolute atomic E-state index is 0.198. The summed E-state index contributed by atoms with van der Waals surface area (Å²) in [6.45, 7) is 3.71. The van der Waals surface area contributed by atoms with Gasteiger partial charge in [0.25, 0.3) is 0 Å². The monoisotopic (exact) mass is 207 g/mol. The molecule has 0 saturated heterocycles. The molecule has 84 valence electrons. The SMILES string of the molecule is CC(OCCCCCN)c1ccccc1. The molecule has 0 bridgehead atoms. The Kier molecular flexibility index (Phi) is 6.05. The first-order valence-corrected chi connectivity index (χ1v) is 5.71. The van der Waals surface area contributed by atoms with Crippen molar-refractivity contribution in [2.24, 2.45) is 5.73 Å². The van der Waals surface area contributed by atoms with Gasteiger partial charge in [0.05, 0.1) is 6.10 Å². The van der Waals surface area contributed by atoms with Gasteiger partial charge in [0.15, 0.2) is 0 Å². The molecule has 1 atom stereocenters. The van der Waals surface area contributed by atoms with Crippen molar-refractivity contribution in [2.75, 3.05) is 13.2 Å². The third-order valence-corrected chi connectivity index (χ3v) is 2.49. The molecular weight excluding hydrogens is 186 g/mol. The number of ether oxygens (including phenoxy) is 1. The van der Waals surface area contributed by atoms with E-state index >= 15 is 0 Å². The van der Waals surface area contributed by atoms with Gasteiger partial charge >= 0.3 is 0 Å². The third kappa shape index (κ3) is 4.96. The molecule has 0 aliphatic heterocycles. The number of unbranched alkanes of at least 4 members (excludes halogenated alkanes) is 2. The van der Waals surface area contributed by atoms with Crippen LogP contribution in [0.3, 0.4) is 0 Å². The highest BCUT2D eigenvalue weighted by molar-refractivity contribution is 5.16.